The maximum absolute atomic E-state index is 12.4. The molecule has 1 unspecified atom stereocenters. The van der Waals surface area contributed by atoms with Crippen LogP contribution in [0.4, 0.5) is 5.82 Å². The Bertz CT molecular complexity index is 1070. The van der Waals surface area contributed by atoms with E-state index in [2.05, 4.69) is 12.8 Å². The number of nitriles is 2. The van der Waals surface area contributed by atoms with E-state index in [0.717, 1.165) is 11.8 Å². The van der Waals surface area contributed by atoms with Gasteiger partial charge in [-0.3, -0.25) is 9.59 Å². The SMILES string of the molecule is CN(C)C(=O)C(Sc1nc(NI)c(C#N)c(-c2ccc(OCl)cc2)c1C#N)C(=O)Cl. The van der Waals surface area contributed by atoms with Gasteiger partial charge >= 0.3 is 0 Å². The van der Waals surface area contributed by atoms with Crippen LogP contribution in [-0.4, -0.2) is 40.4 Å². The molecule has 0 aliphatic rings. The summed E-state index contributed by atoms with van der Waals surface area (Å²) in [5.74, 6) is -0.00718. The number of thioether (sulfide) groups is 1. The summed E-state index contributed by atoms with van der Waals surface area (Å²) in [7, 11) is 2.97. The van der Waals surface area contributed by atoms with Crippen molar-refractivity contribution < 1.29 is 13.9 Å². The zero-order chi connectivity index (χ0) is 22.4. The van der Waals surface area contributed by atoms with E-state index in [1.165, 1.54) is 19.0 Å². The Balaban J connectivity index is 2.76. The van der Waals surface area contributed by atoms with Gasteiger partial charge in [0.15, 0.2) is 11.1 Å². The highest BCUT2D eigenvalue weighted by atomic mass is 127. The molecular weight excluding hydrogens is 564 g/mol. The first-order valence-corrected chi connectivity index (χ1v) is 10.6. The third-order valence-corrected chi connectivity index (χ3v) is 6.02. The Kier molecular flexibility index (Phi) is 8.55. The van der Waals surface area contributed by atoms with Crippen LogP contribution in [0.25, 0.3) is 11.1 Å². The fourth-order valence-electron chi connectivity index (χ4n) is 2.43. The highest BCUT2D eigenvalue weighted by molar-refractivity contribution is 14.1. The number of nitrogens with one attached hydrogen (secondary N) is 1. The van der Waals surface area contributed by atoms with Crippen molar-refractivity contribution in [3.05, 3.63) is 35.4 Å². The molecule has 2 aromatic rings. The predicted octanol–water partition coefficient (Wildman–Crippen LogP) is 4.10. The van der Waals surface area contributed by atoms with Crippen molar-refractivity contribution in [2.45, 2.75) is 10.3 Å². The molecule has 0 saturated carbocycles. The third-order valence-electron chi connectivity index (χ3n) is 3.81. The van der Waals surface area contributed by atoms with Gasteiger partial charge in [-0.1, -0.05) is 23.9 Å². The Labute approximate surface area is 200 Å². The standard InChI is InChI=1S/C18H12Cl2IN5O3S/c1-26(2)18(28)14(15(19)27)30-17-12(8-23)13(11(7-22)16(24-17)25-21)9-3-5-10(29-20)6-4-9/h3-6,14H,1-2H3,(H,24,25). The van der Waals surface area contributed by atoms with Crippen molar-refractivity contribution >= 4 is 75.1 Å². The summed E-state index contributed by atoms with van der Waals surface area (Å²) in [6.07, 6.45) is 0. The van der Waals surface area contributed by atoms with E-state index in [9.17, 15) is 20.1 Å². The minimum atomic E-state index is -1.31. The zero-order valence-electron chi connectivity index (χ0n) is 15.4. The molecule has 0 fully saturated rings. The predicted molar refractivity (Wildman–Crippen MR) is 122 cm³/mol. The lowest BCUT2D eigenvalue weighted by Crippen LogP contribution is -2.35. The molecule has 0 spiro atoms. The average molecular weight is 576 g/mol. The van der Waals surface area contributed by atoms with Crippen LogP contribution in [-0.2, 0) is 9.59 Å². The van der Waals surface area contributed by atoms with Crippen LogP contribution in [0.3, 0.4) is 0 Å². The summed E-state index contributed by atoms with van der Waals surface area (Å²) in [6, 6.07) is 10.4. The Morgan fingerprint density at radius 3 is 2.27 bits per heavy atom. The van der Waals surface area contributed by atoms with Gasteiger partial charge in [0.2, 0.25) is 11.1 Å². The number of benzene rings is 1. The van der Waals surface area contributed by atoms with Gasteiger partial charge in [0.1, 0.15) is 40.3 Å². The number of nitrogens with zero attached hydrogens (tertiary/aromatic N) is 4. The summed E-state index contributed by atoms with van der Waals surface area (Å²) in [4.78, 5) is 29.8. The van der Waals surface area contributed by atoms with Gasteiger partial charge in [0.05, 0.1) is 28.4 Å². The number of halogens is 3. The summed E-state index contributed by atoms with van der Waals surface area (Å²) in [5.41, 5.74) is 0.958. The smallest absolute Gasteiger partial charge is 0.244 e. The van der Waals surface area contributed by atoms with E-state index in [1.54, 1.807) is 47.1 Å². The Morgan fingerprint density at radius 1 is 1.23 bits per heavy atom. The summed E-state index contributed by atoms with van der Waals surface area (Å²) >= 11 is 13.5. The third kappa shape index (κ3) is 5.08. The van der Waals surface area contributed by atoms with E-state index in [4.69, 9.17) is 23.5 Å². The van der Waals surface area contributed by atoms with Crippen molar-refractivity contribution in [2.24, 2.45) is 0 Å². The highest BCUT2D eigenvalue weighted by Gasteiger charge is 2.31. The van der Waals surface area contributed by atoms with Gasteiger partial charge in [-0.15, -0.1) is 0 Å². The number of hydrogen-bond donors (Lipinski definition) is 1. The van der Waals surface area contributed by atoms with Crippen LogP contribution >= 0.6 is 58.1 Å². The molecule has 0 radical (unpaired) electrons. The van der Waals surface area contributed by atoms with Gasteiger partial charge in [-0.25, -0.2) is 4.98 Å². The van der Waals surface area contributed by atoms with Gasteiger partial charge in [0.25, 0.3) is 0 Å². The van der Waals surface area contributed by atoms with E-state index in [1.807, 2.05) is 12.1 Å². The summed E-state index contributed by atoms with van der Waals surface area (Å²) in [5, 5.41) is 17.4. The molecule has 154 valence electrons. The molecule has 12 heteroatoms. The summed E-state index contributed by atoms with van der Waals surface area (Å²) < 4.78 is 7.41. The van der Waals surface area contributed by atoms with Crippen molar-refractivity contribution in [2.75, 3.05) is 17.6 Å². The van der Waals surface area contributed by atoms with Gasteiger partial charge in [-0.2, -0.15) is 10.5 Å². The first kappa shape index (κ1) is 24.0. The normalized spacial score (nSPS) is 11.0. The molecule has 30 heavy (non-hydrogen) atoms. The van der Waals surface area contributed by atoms with Crippen molar-refractivity contribution in [3.63, 3.8) is 0 Å². The molecule has 1 atom stereocenters. The molecule has 1 aromatic carbocycles. The first-order chi connectivity index (χ1) is 14.3. The lowest BCUT2D eigenvalue weighted by Gasteiger charge is -2.19. The quantitative estimate of drug-likeness (QED) is 0.172. The van der Waals surface area contributed by atoms with Crippen LogP contribution in [0, 0.1) is 22.7 Å². The average Bonchev–Trinajstić information content (AvgIpc) is 2.75. The molecule has 1 N–H and O–H groups in total. The number of hydrogen-bond acceptors (Lipinski definition) is 8. The minimum Gasteiger partial charge on any atom is -0.386 e. The second kappa shape index (κ2) is 10.7. The maximum atomic E-state index is 12.4. The number of anilines is 1. The molecule has 1 aromatic heterocycles. The lowest BCUT2D eigenvalue weighted by molar-refractivity contribution is -0.130. The number of pyridine rings is 1. The molecule has 1 heterocycles. The number of carbonyl (C=O) groups is 2. The van der Waals surface area contributed by atoms with E-state index in [0.29, 0.717) is 11.3 Å². The highest BCUT2D eigenvalue weighted by Crippen LogP contribution is 2.39. The van der Waals surface area contributed by atoms with Gasteiger partial charge in [-0.05, 0) is 29.3 Å². The van der Waals surface area contributed by atoms with Gasteiger partial charge < -0.3 is 12.7 Å². The van der Waals surface area contributed by atoms with Crippen molar-refractivity contribution in [3.8, 4) is 29.0 Å². The number of carbonyl (C=O) groups excluding carboxylic acids is 2. The molecule has 0 bridgehead atoms. The van der Waals surface area contributed by atoms with Crippen molar-refractivity contribution in [1.29, 1.82) is 10.5 Å². The molecule has 1 amide bonds. The second-order valence-electron chi connectivity index (χ2n) is 5.84. The molecule has 8 nitrogen and oxygen atoms in total. The molecule has 0 saturated heterocycles. The zero-order valence-corrected chi connectivity index (χ0v) is 19.9. The van der Waals surface area contributed by atoms with E-state index >= 15 is 0 Å². The van der Waals surface area contributed by atoms with Crippen LogP contribution in [0.1, 0.15) is 11.1 Å². The number of aromatic nitrogens is 1. The first-order valence-electron chi connectivity index (χ1n) is 8.00. The molecule has 2 rings (SSSR count). The van der Waals surface area contributed by atoms with Crippen LogP contribution in [0.15, 0.2) is 29.3 Å². The van der Waals surface area contributed by atoms with Gasteiger partial charge in [0, 0.05) is 19.7 Å². The maximum Gasteiger partial charge on any atom is 0.244 e. The Morgan fingerprint density at radius 2 is 1.83 bits per heavy atom. The van der Waals surface area contributed by atoms with Crippen LogP contribution < -0.4 is 7.82 Å². The number of amides is 1. The topological polar surface area (TPSA) is 119 Å². The molecule has 0 aliphatic carbocycles. The van der Waals surface area contributed by atoms with E-state index in [-0.39, 0.29) is 27.5 Å². The van der Waals surface area contributed by atoms with E-state index < -0.39 is 16.4 Å². The van der Waals surface area contributed by atoms with Crippen LogP contribution in [0.5, 0.6) is 5.75 Å². The van der Waals surface area contributed by atoms with Crippen LogP contribution in [0.2, 0.25) is 0 Å². The fraction of sp³-hybridized carbons (Fsp3) is 0.167. The number of rotatable bonds is 7. The monoisotopic (exact) mass is 575 g/mol. The lowest BCUT2D eigenvalue weighted by atomic mass is 9.97. The summed E-state index contributed by atoms with van der Waals surface area (Å²) in [6.45, 7) is 0. The largest absolute Gasteiger partial charge is 0.386 e. The minimum absolute atomic E-state index is 0.0287. The fourth-order valence-corrected chi connectivity index (χ4v) is 4.19. The molecule has 0 aliphatic heterocycles. The van der Waals surface area contributed by atoms with Crippen molar-refractivity contribution in [1.82, 2.24) is 9.88 Å². The second-order valence-corrected chi connectivity index (χ2v) is 8.00. The Hall–Kier alpha value is -2.25. The molecular formula is C18H12Cl2IN5O3S.